The zero-order valence-electron chi connectivity index (χ0n) is 20.6. The summed E-state index contributed by atoms with van der Waals surface area (Å²) in [4.78, 5) is 15.6. The van der Waals surface area contributed by atoms with Crippen molar-refractivity contribution < 1.29 is 21.6 Å². The van der Waals surface area contributed by atoms with E-state index in [0.29, 0.717) is 29.2 Å². The molecule has 196 valence electrons. The van der Waals surface area contributed by atoms with Crippen molar-refractivity contribution in [2.45, 2.75) is 40.9 Å². The van der Waals surface area contributed by atoms with E-state index < -0.39 is 20.0 Å². The Balaban J connectivity index is 1.54. The van der Waals surface area contributed by atoms with Crippen LogP contribution in [0.2, 0.25) is 0 Å². The highest BCUT2D eigenvalue weighted by Gasteiger charge is 2.24. The van der Waals surface area contributed by atoms with Crippen LogP contribution in [0.3, 0.4) is 0 Å². The zero-order valence-corrected chi connectivity index (χ0v) is 23.0. The number of hydrogen-bond donors (Lipinski definition) is 2. The number of nitrogens with zero attached hydrogens (tertiary/aromatic N) is 1. The fraction of sp³-hybridized carbons (Fsp3) is 0.269. The second kappa shape index (κ2) is 11.2. The number of sulfonamides is 2. The largest absolute Gasteiger partial charge is 0.339 e. The van der Waals surface area contributed by atoms with Gasteiger partial charge in [0.1, 0.15) is 0 Å². The highest BCUT2D eigenvalue weighted by atomic mass is 32.2. The Morgan fingerprint density at radius 3 is 2.08 bits per heavy atom. The summed E-state index contributed by atoms with van der Waals surface area (Å²) in [6, 6.07) is 17.0. The van der Waals surface area contributed by atoms with Gasteiger partial charge in [-0.3, -0.25) is 14.2 Å². The van der Waals surface area contributed by atoms with Crippen LogP contribution in [0.15, 0.2) is 81.4 Å². The Kier molecular flexibility index (Phi) is 8.15. The van der Waals surface area contributed by atoms with Crippen LogP contribution < -0.4 is 9.44 Å². The summed E-state index contributed by atoms with van der Waals surface area (Å²) >= 11 is 1.39. The lowest BCUT2D eigenvalue weighted by atomic mass is 10.1. The molecule has 0 atom stereocenters. The van der Waals surface area contributed by atoms with Gasteiger partial charge in [0, 0.05) is 23.7 Å². The molecule has 0 saturated carbocycles. The van der Waals surface area contributed by atoms with E-state index in [9.17, 15) is 21.6 Å². The molecule has 8 nitrogen and oxygen atoms in total. The number of aryl methyl sites for hydroxylation is 1. The molecule has 1 amide bonds. The molecule has 0 aromatic heterocycles. The number of hydrogen-bond acceptors (Lipinski definition) is 6. The maximum absolute atomic E-state index is 13.1. The normalized spacial score (nSPS) is 14.3. The summed E-state index contributed by atoms with van der Waals surface area (Å²) in [7, 11) is -7.88. The van der Waals surface area contributed by atoms with Crippen LogP contribution in [-0.2, 0) is 20.0 Å². The Bertz CT molecular complexity index is 1500. The van der Waals surface area contributed by atoms with Crippen LogP contribution in [0.4, 0.5) is 11.4 Å². The standard InChI is InChI=1S/C26H29N3O5S3/c1-19-8-4-5-9-24(19)28-36(31,32)21-12-10-20(11-13-21)27-37(33,34)22-14-15-25(35-2)23(18-22)26(30)29-16-6-3-7-17-29/h4-5,8-15,18,27-28H,3,6-7,16-17H2,1-2H3. The fourth-order valence-electron chi connectivity index (χ4n) is 4.10. The molecule has 4 rings (SSSR count). The zero-order chi connectivity index (χ0) is 26.6. The predicted octanol–water partition coefficient (Wildman–Crippen LogP) is 4.94. The van der Waals surface area contributed by atoms with Gasteiger partial charge in [0.15, 0.2) is 0 Å². The summed E-state index contributed by atoms with van der Waals surface area (Å²) in [6.45, 7) is 3.12. The van der Waals surface area contributed by atoms with Gasteiger partial charge < -0.3 is 4.90 Å². The third-order valence-electron chi connectivity index (χ3n) is 6.16. The number of nitrogens with one attached hydrogen (secondary N) is 2. The lowest BCUT2D eigenvalue weighted by Gasteiger charge is -2.27. The average Bonchev–Trinajstić information content (AvgIpc) is 2.89. The van der Waals surface area contributed by atoms with Gasteiger partial charge in [-0.1, -0.05) is 18.2 Å². The molecular formula is C26H29N3O5S3. The quantitative estimate of drug-likeness (QED) is 0.378. The van der Waals surface area contributed by atoms with E-state index >= 15 is 0 Å². The van der Waals surface area contributed by atoms with E-state index in [2.05, 4.69) is 9.44 Å². The molecule has 0 aliphatic carbocycles. The van der Waals surface area contributed by atoms with E-state index in [-0.39, 0.29) is 21.4 Å². The molecule has 1 fully saturated rings. The van der Waals surface area contributed by atoms with Crippen molar-refractivity contribution >= 4 is 49.1 Å². The Hall–Kier alpha value is -3.02. The molecular weight excluding hydrogens is 531 g/mol. The number of para-hydroxylation sites is 1. The van der Waals surface area contributed by atoms with Gasteiger partial charge in [-0.25, -0.2) is 16.8 Å². The number of anilines is 2. The molecule has 1 saturated heterocycles. The number of likely N-dealkylation sites (tertiary alicyclic amines) is 1. The van der Waals surface area contributed by atoms with Crippen molar-refractivity contribution in [3.8, 4) is 0 Å². The first-order chi connectivity index (χ1) is 17.6. The third kappa shape index (κ3) is 6.28. The van der Waals surface area contributed by atoms with Gasteiger partial charge in [-0.2, -0.15) is 0 Å². The molecule has 1 aliphatic heterocycles. The lowest BCUT2D eigenvalue weighted by Crippen LogP contribution is -2.36. The Morgan fingerprint density at radius 2 is 1.43 bits per heavy atom. The molecule has 3 aromatic rings. The predicted molar refractivity (Wildman–Crippen MR) is 147 cm³/mol. The second-order valence-electron chi connectivity index (χ2n) is 8.77. The van der Waals surface area contributed by atoms with E-state index in [0.717, 1.165) is 24.8 Å². The van der Waals surface area contributed by atoms with Crippen molar-refractivity contribution in [2.75, 3.05) is 28.8 Å². The number of rotatable bonds is 8. The second-order valence-corrected chi connectivity index (χ2v) is 13.0. The number of piperidine rings is 1. The van der Waals surface area contributed by atoms with Crippen LogP contribution in [0.5, 0.6) is 0 Å². The number of thioether (sulfide) groups is 1. The minimum absolute atomic E-state index is 0.00237. The third-order valence-corrected chi connectivity index (χ3v) is 9.72. The SMILES string of the molecule is CSc1ccc(S(=O)(=O)Nc2ccc(S(=O)(=O)Nc3ccccc3C)cc2)cc1C(=O)N1CCCCC1. The molecule has 37 heavy (non-hydrogen) atoms. The summed E-state index contributed by atoms with van der Waals surface area (Å²) in [5.74, 6) is -0.170. The van der Waals surface area contributed by atoms with Gasteiger partial charge >= 0.3 is 0 Å². The lowest BCUT2D eigenvalue weighted by molar-refractivity contribution is 0.0720. The summed E-state index contributed by atoms with van der Waals surface area (Å²) in [5.41, 5.74) is 1.81. The van der Waals surface area contributed by atoms with Crippen molar-refractivity contribution in [2.24, 2.45) is 0 Å². The average molecular weight is 560 g/mol. The van der Waals surface area contributed by atoms with Gasteiger partial charge in [0.2, 0.25) is 0 Å². The van der Waals surface area contributed by atoms with Crippen molar-refractivity contribution in [3.63, 3.8) is 0 Å². The molecule has 3 aromatic carbocycles. The Labute approximate surface area is 222 Å². The van der Waals surface area contributed by atoms with E-state index in [4.69, 9.17) is 0 Å². The summed E-state index contributed by atoms with van der Waals surface area (Å²) in [5, 5.41) is 0. The van der Waals surface area contributed by atoms with Crippen LogP contribution in [0.25, 0.3) is 0 Å². The first-order valence-corrected chi connectivity index (χ1v) is 16.0. The van der Waals surface area contributed by atoms with Crippen molar-refractivity contribution in [1.29, 1.82) is 0 Å². The van der Waals surface area contributed by atoms with Crippen LogP contribution >= 0.6 is 11.8 Å². The summed E-state index contributed by atoms with van der Waals surface area (Å²) < 4.78 is 56.9. The number of amides is 1. The van der Waals surface area contributed by atoms with E-state index in [1.807, 2.05) is 12.3 Å². The minimum Gasteiger partial charge on any atom is -0.339 e. The Morgan fingerprint density at radius 1 is 0.811 bits per heavy atom. The molecule has 2 N–H and O–H groups in total. The number of carbonyl (C=O) groups excluding carboxylic acids is 1. The van der Waals surface area contributed by atoms with Crippen molar-refractivity contribution in [3.05, 3.63) is 77.9 Å². The minimum atomic E-state index is -4.02. The highest BCUT2D eigenvalue weighted by molar-refractivity contribution is 7.98. The van der Waals surface area contributed by atoms with Crippen LogP contribution in [0, 0.1) is 6.92 Å². The first kappa shape index (κ1) is 27.0. The highest BCUT2D eigenvalue weighted by Crippen LogP contribution is 2.28. The maximum Gasteiger partial charge on any atom is 0.261 e. The van der Waals surface area contributed by atoms with Gasteiger partial charge in [0.05, 0.1) is 21.0 Å². The van der Waals surface area contributed by atoms with Gasteiger partial charge in [0.25, 0.3) is 26.0 Å². The van der Waals surface area contributed by atoms with E-state index in [1.165, 1.54) is 48.2 Å². The molecule has 0 unspecified atom stereocenters. The van der Waals surface area contributed by atoms with Crippen molar-refractivity contribution in [1.82, 2.24) is 4.90 Å². The monoisotopic (exact) mass is 559 g/mol. The maximum atomic E-state index is 13.1. The first-order valence-electron chi connectivity index (χ1n) is 11.8. The smallest absolute Gasteiger partial charge is 0.261 e. The molecule has 11 heteroatoms. The van der Waals surface area contributed by atoms with Crippen LogP contribution in [-0.4, -0.2) is 47.0 Å². The fourth-order valence-corrected chi connectivity index (χ4v) is 6.88. The summed E-state index contributed by atoms with van der Waals surface area (Å²) in [6.07, 6.45) is 4.80. The van der Waals surface area contributed by atoms with E-state index in [1.54, 1.807) is 36.1 Å². The van der Waals surface area contributed by atoms with Crippen LogP contribution in [0.1, 0.15) is 35.2 Å². The van der Waals surface area contributed by atoms with Gasteiger partial charge in [-0.05, 0) is 86.5 Å². The molecule has 0 radical (unpaired) electrons. The number of carbonyl (C=O) groups is 1. The van der Waals surface area contributed by atoms with Gasteiger partial charge in [-0.15, -0.1) is 11.8 Å². The molecule has 1 aliphatic rings. The number of benzene rings is 3. The molecule has 1 heterocycles. The molecule has 0 bridgehead atoms. The molecule has 0 spiro atoms. The topological polar surface area (TPSA) is 113 Å².